The Labute approximate surface area is 63.7 Å². The molecule has 7 heavy (non-hydrogen) atoms. The molecule has 0 unspecified atom stereocenters. The van der Waals surface area contributed by atoms with Gasteiger partial charge in [0.15, 0.2) is 0 Å². The molecule has 0 aromatic heterocycles. The smallest absolute Gasteiger partial charge is 0.236 e. The van der Waals surface area contributed by atoms with Crippen molar-refractivity contribution in [2.24, 2.45) is 0 Å². The van der Waals surface area contributed by atoms with Crippen LogP contribution in [0.5, 0.6) is 0 Å². The second-order valence-electron chi connectivity index (χ2n) is 0.926. The van der Waals surface area contributed by atoms with E-state index in [0.29, 0.717) is 5.33 Å². The number of hydrogen-bond acceptors (Lipinski definition) is 1. The van der Waals surface area contributed by atoms with Crippen molar-refractivity contribution in [2.75, 3.05) is 5.33 Å². The molecule has 0 saturated carbocycles. The lowest BCUT2D eigenvalue weighted by atomic mass is 10.6. The SMILES string of the molecule is O=C(Cl)[C@H](Br)CBr. The van der Waals surface area contributed by atoms with E-state index in [1.165, 1.54) is 0 Å². The molecule has 1 atom stereocenters. The van der Waals surface area contributed by atoms with Crippen LogP contribution in [-0.4, -0.2) is 15.4 Å². The lowest BCUT2D eigenvalue weighted by Gasteiger charge is -1.92. The Morgan fingerprint density at radius 3 is 2.29 bits per heavy atom. The van der Waals surface area contributed by atoms with E-state index in [9.17, 15) is 4.79 Å². The molecule has 0 heterocycles. The van der Waals surface area contributed by atoms with Crippen LogP contribution in [-0.2, 0) is 4.79 Å². The summed E-state index contributed by atoms with van der Waals surface area (Å²) in [5, 5.41) is 0.201. The van der Waals surface area contributed by atoms with Crippen molar-refractivity contribution in [3.05, 3.63) is 0 Å². The lowest BCUT2D eigenvalue weighted by molar-refractivity contribution is -0.110. The molecule has 0 rings (SSSR count). The minimum atomic E-state index is -0.364. The van der Waals surface area contributed by atoms with E-state index in [0.717, 1.165) is 0 Å². The largest absolute Gasteiger partial charge is 0.280 e. The molecule has 0 radical (unpaired) electrons. The van der Waals surface area contributed by atoms with E-state index in [4.69, 9.17) is 11.6 Å². The number of carbonyl (C=O) groups excluding carboxylic acids is 1. The minimum Gasteiger partial charge on any atom is -0.280 e. The molecule has 1 nitrogen and oxygen atoms in total. The number of hydrogen-bond donors (Lipinski definition) is 0. The van der Waals surface area contributed by atoms with Crippen LogP contribution in [0, 0.1) is 0 Å². The number of rotatable bonds is 2. The monoisotopic (exact) mass is 248 g/mol. The molecule has 4 heteroatoms. The van der Waals surface area contributed by atoms with Crippen LogP contribution >= 0.6 is 43.5 Å². The van der Waals surface area contributed by atoms with Crippen molar-refractivity contribution in [3.8, 4) is 0 Å². The zero-order chi connectivity index (χ0) is 5.86. The zero-order valence-corrected chi connectivity index (χ0v) is 7.25. The Morgan fingerprint density at radius 1 is 1.86 bits per heavy atom. The average Bonchev–Trinajstić information content (AvgIpc) is 1.65. The molecule has 0 aliphatic rings. The van der Waals surface area contributed by atoms with Gasteiger partial charge in [0, 0.05) is 5.33 Å². The summed E-state index contributed by atoms with van der Waals surface area (Å²) in [5.41, 5.74) is 0. The van der Waals surface area contributed by atoms with Gasteiger partial charge in [0.25, 0.3) is 0 Å². The summed E-state index contributed by atoms with van der Waals surface area (Å²) in [6.07, 6.45) is 0. The first-order chi connectivity index (χ1) is 3.18. The van der Waals surface area contributed by atoms with Crippen LogP contribution in [0.4, 0.5) is 0 Å². The lowest BCUT2D eigenvalue weighted by Crippen LogP contribution is -2.07. The fraction of sp³-hybridized carbons (Fsp3) is 0.667. The first kappa shape index (κ1) is 7.92. The highest BCUT2D eigenvalue weighted by atomic mass is 79.9. The molecule has 0 saturated heterocycles. The van der Waals surface area contributed by atoms with Gasteiger partial charge in [-0.3, -0.25) is 4.79 Å². The van der Waals surface area contributed by atoms with Gasteiger partial charge in [0.1, 0.15) is 0 Å². The third-order valence-electron chi connectivity index (χ3n) is 0.382. The fourth-order valence-corrected chi connectivity index (χ4v) is 0.618. The van der Waals surface area contributed by atoms with E-state index in [1.54, 1.807) is 0 Å². The van der Waals surface area contributed by atoms with E-state index < -0.39 is 0 Å². The summed E-state index contributed by atoms with van der Waals surface area (Å²) in [6.45, 7) is 0. The van der Waals surface area contributed by atoms with Crippen LogP contribution in [0.3, 0.4) is 0 Å². The highest BCUT2D eigenvalue weighted by Crippen LogP contribution is 2.06. The number of carbonyl (C=O) groups is 1. The van der Waals surface area contributed by atoms with Crippen LogP contribution in [0.25, 0.3) is 0 Å². The molecule has 0 spiro atoms. The molecule has 0 N–H and O–H groups in total. The second kappa shape index (κ2) is 3.87. The maximum absolute atomic E-state index is 10.1. The van der Waals surface area contributed by atoms with E-state index in [2.05, 4.69) is 31.9 Å². The average molecular weight is 250 g/mol. The third kappa shape index (κ3) is 3.50. The maximum Gasteiger partial charge on any atom is 0.236 e. The van der Waals surface area contributed by atoms with Crippen molar-refractivity contribution in [2.45, 2.75) is 4.83 Å². The first-order valence-corrected chi connectivity index (χ1v) is 3.99. The Morgan fingerprint density at radius 2 is 2.29 bits per heavy atom. The molecule has 0 aromatic rings. The second-order valence-corrected chi connectivity index (χ2v) is 3.05. The van der Waals surface area contributed by atoms with Gasteiger partial charge in [0.05, 0.1) is 4.83 Å². The van der Waals surface area contributed by atoms with Crippen molar-refractivity contribution in [1.29, 1.82) is 0 Å². The topological polar surface area (TPSA) is 17.1 Å². The van der Waals surface area contributed by atoms with Gasteiger partial charge in [-0.15, -0.1) is 0 Å². The van der Waals surface area contributed by atoms with Crippen LogP contribution in [0.1, 0.15) is 0 Å². The number of alkyl halides is 2. The predicted molar refractivity (Wildman–Crippen MR) is 37.4 cm³/mol. The van der Waals surface area contributed by atoms with Gasteiger partial charge >= 0.3 is 0 Å². The molecule has 0 amide bonds. The van der Waals surface area contributed by atoms with Gasteiger partial charge in [-0.25, -0.2) is 0 Å². The zero-order valence-electron chi connectivity index (χ0n) is 3.33. The van der Waals surface area contributed by atoms with Crippen molar-refractivity contribution in [3.63, 3.8) is 0 Å². The molecule has 0 aliphatic carbocycles. The van der Waals surface area contributed by atoms with Gasteiger partial charge in [-0.1, -0.05) is 31.9 Å². The maximum atomic E-state index is 10.1. The van der Waals surface area contributed by atoms with Gasteiger partial charge < -0.3 is 0 Å². The quantitative estimate of drug-likeness (QED) is 0.540. The van der Waals surface area contributed by atoms with Crippen molar-refractivity contribution in [1.82, 2.24) is 0 Å². The summed E-state index contributed by atoms with van der Waals surface area (Å²) in [4.78, 5) is 9.82. The van der Waals surface area contributed by atoms with Gasteiger partial charge in [0.2, 0.25) is 5.24 Å². The Balaban J connectivity index is 3.34. The normalized spacial score (nSPS) is 13.6. The summed E-state index contributed by atoms with van der Waals surface area (Å²) in [7, 11) is 0. The Kier molecular flexibility index (Phi) is 4.37. The van der Waals surface area contributed by atoms with Crippen LogP contribution in [0.2, 0.25) is 0 Å². The van der Waals surface area contributed by atoms with Crippen LogP contribution < -0.4 is 0 Å². The Bertz CT molecular complexity index is 75.3. The van der Waals surface area contributed by atoms with Crippen molar-refractivity contribution < 1.29 is 4.79 Å². The fourth-order valence-electron chi connectivity index (χ4n) is 0.0607. The highest BCUT2D eigenvalue weighted by Gasteiger charge is 2.07. The molecule has 0 bridgehead atoms. The van der Waals surface area contributed by atoms with Crippen LogP contribution in [0.15, 0.2) is 0 Å². The summed E-state index contributed by atoms with van der Waals surface area (Å²) in [6, 6.07) is 0. The minimum absolute atomic E-state index is 0.242. The van der Waals surface area contributed by atoms with Gasteiger partial charge in [-0.05, 0) is 11.6 Å². The number of halogens is 3. The molecule has 42 valence electrons. The highest BCUT2D eigenvalue weighted by molar-refractivity contribution is 9.12. The predicted octanol–water partition coefficient (Wildman–Crippen LogP) is 1.91. The van der Waals surface area contributed by atoms with E-state index in [-0.39, 0.29) is 10.1 Å². The molecule has 0 fully saturated rings. The molecule has 0 aliphatic heterocycles. The molecular formula is C3H3Br2ClO. The summed E-state index contributed by atoms with van der Waals surface area (Å²) < 4.78 is 0. The molecular weight excluding hydrogens is 247 g/mol. The summed E-state index contributed by atoms with van der Waals surface area (Å²) >= 11 is 11.1. The first-order valence-electron chi connectivity index (χ1n) is 1.58. The summed E-state index contributed by atoms with van der Waals surface area (Å²) in [5.74, 6) is 0. The van der Waals surface area contributed by atoms with Crippen molar-refractivity contribution >= 4 is 48.7 Å². The Hall–Kier alpha value is 0.920. The van der Waals surface area contributed by atoms with Gasteiger partial charge in [-0.2, -0.15) is 0 Å². The standard InChI is InChI=1S/C3H3Br2ClO/c4-1-2(5)3(6)7/h2H,1H2/t2-/m1/s1. The molecule has 0 aromatic carbocycles. The van der Waals surface area contributed by atoms with E-state index >= 15 is 0 Å². The van der Waals surface area contributed by atoms with E-state index in [1.807, 2.05) is 0 Å². The third-order valence-corrected chi connectivity index (χ3v) is 3.16.